The molecule has 35 heavy (non-hydrogen) atoms. The molecular formula is C27H50Cl2N2O4. The molecule has 6 nitrogen and oxygen atoms in total. The molecule has 2 rings (SSSR count). The van der Waals surface area contributed by atoms with Gasteiger partial charge in [-0.1, -0.05) is 26.3 Å². The van der Waals surface area contributed by atoms with Crippen LogP contribution in [0.25, 0.3) is 0 Å². The molecule has 5 atom stereocenters. The van der Waals surface area contributed by atoms with E-state index in [9.17, 15) is 5.11 Å². The van der Waals surface area contributed by atoms with Gasteiger partial charge in [-0.25, -0.2) is 0 Å². The van der Waals surface area contributed by atoms with Crippen LogP contribution in [0.5, 0.6) is 11.5 Å². The topological polar surface area (TPSA) is 77.2 Å². The number of hydrogen-bond donors (Lipinski definition) is 2. The molecule has 0 radical (unpaired) electrons. The molecule has 0 aliphatic carbocycles. The second-order valence-corrected chi connectivity index (χ2v) is 10.2. The first-order valence-electron chi connectivity index (χ1n) is 12.7. The normalized spacial score (nSPS) is 20.9. The molecular weight excluding hydrogens is 487 g/mol. The lowest BCUT2D eigenvalue weighted by atomic mass is 9.83. The van der Waals surface area contributed by atoms with E-state index in [0.717, 1.165) is 30.8 Å². The molecule has 0 bridgehead atoms. The highest BCUT2D eigenvalue weighted by Gasteiger charge is 2.30. The fourth-order valence-corrected chi connectivity index (χ4v) is 4.93. The zero-order chi connectivity index (χ0) is 24.4. The number of ether oxygens (including phenoxy) is 3. The first-order chi connectivity index (χ1) is 15.8. The molecule has 8 heteroatoms. The molecule has 1 aliphatic rings. The van der Waals surface area contributed by atoms with E-state index in [1.165, 1.54) is 24.8 Å². The van der Waals surface area contributed by atoms with E-state index < -0.39 is 6.10 Å². The summed E-state index contributed by atoms with van der Waals surface area (Å²) in [6.07, 6.45) is 5.70. The van der Waals surface area contributed by atoms with Crippen molar-refractivity contribution in [3.8, 4) is 11.5 Å². The molecule has 0 amide bonds. The molecule has 1 fully saturated rings. The van der Waals surface area contributed by atoms with E-state index in [0.29, 0.717) is 43.7 Å². The first-order valence-corrected chi connectivity index (χ1v) is 12.7. The van der Waals surface area contributed by atoms with Crippen LogP contribution in [0.1, 0.15) is 65.4 Å². The number of β-amino-alcohol motifs (C(OH)–C–C–N with tert-alkyl or cyclic N) is 1. The molecule has 206 valence electrons. The van der Waals surface area contributed by atoms with Gasteiger partial charge in [0.05, 0.1) is 19.8 Å². The summed E-state index contributed by atoms with van der Waals surface area (Å²) in [7, 11) is 3.36. The number of nitrogens with zero attached hydrogens (tertiary/aromatic N) is 1. The van der Waals surface area contributed by atoms with Crippen LogP contribution in [0, 0.1) is 11.8 Å². The molecule has 1 aliphatic heterocycles. The molecule has 0 unspecified atom stereocenters. The summed E-state index contributed by atoms with van der Waals surface area (Å²) < 4.78 is 16.6. The Hall–Kier alpha value is -0.760. The number of halogens is 2. The largest absolute Gasteiger partial charge is 0.493 e. The third-order valence-corrected chi connectivity index (χ3v) is 7.26. The Labute approximate surface area is 226 Å². The number of likely N-dealkylation sites (tertiary alicyclic amines) is 1. The monoisotopic (exact) mass is 536 g/mol. The Bertz CT molecular complexity index is 685. The van der Waals surface area contributed by atoms with Crippen molar-refractivity contribution in [3.63, 3.8) is 0 Å². The number of piperidine rings is 1. The van der Waals surface area contributed by atoms with Crippen LogP contribution >= 0.6 is 24.8 Å². The van der Waals surface area contributed by atoms with E-state index in [1.54, 1.807) is 14.2 Å². The van der Waals surface area contributed by atoms with Crippen LogP contribution in [-0.4, -0.2) is 68.2 Å². The molecule has 0 saturated carbocycles. The Morgan fingerprint density at radius 2 is 1.71 bits per heavy atom. The smallest absolute Gasteiger partial charge is 0.161 e. The summed E-state index contributed by atoms with van der Waals surface area (Å²) in [4.78, 5) is 2.44. The second kappa shape index (κ2) is 17.7. The van der Waals surface area contributed by atoms with Crippen LogP contribution in [0.2, 0.25) is 0 Å². The van der Waals surface area contributed by atoms with E-state index >= 15 is 0 Å². The number of aliphatic hydroxyl groups is 1. The van der Waals surface area contributed by atoms with Gasteiger partial charge in [0.1, 0.15) is 0 Å². The Balaban J connectivity index is 0.00000578. The maximum Gasteiger partial charge on any atom is 0.161 e. The number of benzene rings is 1. The minimum atomic E-state index is -0.509. The standard InChI is InChI=1S/C27H48N2O4.2ClH/c1-19(2)23(17-24(28)25(30)18-29-20(3)9-7-10-21(29)4)15-22-11-12-26(32-6)27(16-22)33-14-8-13-31-5;;/h11-12,16,19-21,23-25,30H,7-10,13-15,17-18,28H2,1-6H3;2*1H/t20-,21+,23-,24-,25-;;/m0../s1. The van der Waals surface area contributed by atoms with E-state index in [1.807, 2.05) is 6.07 Å². The van der Waals surface area contributed by atoms with Crippen LogP contribution in [0.3, 0.4) is 0 Å². The maximum absolute atomic E-state index is 10.9. The number of rotatable bonds is 14. The van der Waals surface area contributed by atoms with E-state index in [-0.39, 0.29) is 30.9 Å². The summed E-state index contributed by atoms with van der Waals surface area (Å²) in [5, 5.41) is 10.9. The van der Waals surface area contributed by atoms with E-state index in [2.05, 4.69) is 44.7 Å². The molecule has 1 saturated heterocycles. The summed E-state index contributed by atoms with van der Waals surface area (Å²) in [6, 6.07) is 6.96. The lowest BCUT2D eigenvalue weighted by molar-refractivity contribution is 0.0261. The fourth-order valence-electron chi connectivity index (χ4n) is 4.93. The lowest BCUT2D eigenvalue weighted by Crippen LogP contribution is -2.51. The Kier molecular flexibility index (Phi) is 17.3. The fraction of sp³-hybridized carbons (Fsp3) is 0.778. The van der Waals surface area contributed by atoms with Crippen LogP contribution in [0.15, 0.2) is 18.2 Å². The van der Waals surface area contributed by atoms with Crippen molar-refractivity contribution in [2.24, 2.45) is 17.6 Å². The van der Waals surface area contributed by atoms with Gasteiger partial charge in [0.25, 0.3) is 0 Å². The molecule has 3 N–H and O–H groups in total. The summed E-state index contributed by atoms with van der Waals surface area (Å²) >= 11 is 0. The highest BCUT2D eigenvalue weighted by molar-refractivity contribution is 5.85. The first kappa shape index (κ1) is 34.2. The molecule has 1 aromatic carbocycles. The third kappa shape index (κ3) is 11.0. The van der Waals surface area contributed by atoms with Gasteiger partial charge in [0.15, 0.2) is 11.5 Å². The predicted molar refractivity (Wildman–Crippen MR) is 150 cm³/mol. The van der Waals surface area contributed by atoms with Crippen molar-refractivity contribution >= 4 is 24.8 Å². The number of aliphatic hydroxyl groups excluding tert-OH is 1. The minimum Gasteiger partial charge on any atom is -0.493 e. The summed E-state index contributed by atoms with van der Waals surface area (Å²) in [5.41, 5.74) is 7.76. The zero-order valence-corrected chi connectivity index (χ0v) is 24.2. The Morgan fingerprint density at radius 3 is 2.29 bits per heavy atom. The van der Waals surface area contributed by atoms with Gasteiger partial charge in [-0.15, -0.1) is 24.8 Å². The van der Waals surface area contributed by atoms with Gasteiger partial charge < -0.3 is 25.1 Å². The average Bonchev–Trinajstić information content (AvgIpc) is 2.78. The third-order valence-electron chi connectivity index (χ3n) is 7.26. The SMILES string of the molecule is COCCCOc1cc(C[C@@H](C[C@H](N)[C@@H](O)CN2[C@H](C)CCC[C@@H]2C)C(C)C)ccc1OC.Cl.Cl. The molecule has 1 aromatic rings. The molecule has 1 heterocycles. The lowest BCUT2D eigenvalue weighted by Gasteiger charge is -2.41. The van der Waals surface area contributed by atoms with Crippen molar-refractivity contribution in [2.75, 3.05) is 34.0 Å². The van der Waals surface area contributed by atoms with Crippen molar-refractivity contribution in [3.05, 3.63) is 23.8 Å². The summed E-state index contributed by atoms with van der Waals surface area (Å²) in [5.74, 6) is 2.35. The maximum atomic E-state index is 10.9. The van der Waals surface area contributed by atoms with Gasteiger partial charge >= 0.3 is 0 Å². The number of hydrogen-bond acceptors (Lipinski definition) is 6. The summed E-state index contributed by atoms with van der Waals surface area (Å²) in [6.45, 7) is 10.9. The second-order valence-electron chi connectivity index (χ2n) is 10.2. The van der Waals surface area contributed by atoms with Crippen LogP contribution < -0.4 is 15.2 Å². The van der Waals surface area contributed by atoms with Crippen LogP contribution in [-0.2, 0) is 11.2 Å². The number of nitrogens with two attached hydrogens (primary N) is 1. The quantitative estimate of drug-likeness (QED) is 0.321. The zero-order valence-electron chi connectivity index (χ0n) is 22.6. The molecule has 0 spiro atoms. The van der Waals surface area contributed by atoms with Crippen molar-refractivity contribution in [1.29, 1.82) is 0 Å². The van der Waals surface area contributed by atoms with Crippen molar-refractivity contribution < 1.29 is 19.3 Å². The van der Waals surface area contributed by atoms with Gasteiger partial charge in [-0.05, 0) is 69.1 Å². The van der Waals surface area contributed by atoms with Crippen LogP contribution in [0.4, 0.5) is 0 Å². The minimum absolute atomic E-state index is 0. The average molecular weight is 538 g/mol. The van der Waals surface area contributed by atoms with Gasteiger partial charge in [-0.2, -0.15) is 0 Å². The van der Waals surface area contributed by atoms with Gasteiger partial charge in [0.2, 0.25) is 0 Å². The number of methoxy groups -OCH3 is 2. The Morgan fingerprint density at radius 1 is 1.06 bits per heavy atom. The predicted octanol–water partition coefficient (Wildman–Crippen LogP) is 5.11. The van der Waals surface area contributed by atoms with Gasteiger partial charge in [0, 0.05) is 44.8 Å². The van der Waals surface area contributed by atoms with Crippen molar-refractivity contribution in [2.45, 2.75) is 90.4 Å². The van der Waals surface area contributed by atoms with Gasteiger partial charge in [-0.3, -0.25) is 4.90 Å². The highest BCUT2D eigenvalue weighted by atomic mass is 35.5. The molecule has 0 aromatic heterocycles. The van der Waals surface area contributed by atoms with E-state index in [4.69, 9.17) is 19.9 Å². The highest BCUT2D eigenvalue weighted by Crippen LogP contribution is 2.31. The van der Waals surface area contributed by atoms with Crippen molar-refractivity contribution in [1.82, 2.24) is 4.90 Å².